The molecule has 1 aliphatic carbocycles. The molecule has 4 nitrogen and oxygen atoms in total. The van der Waals surface area contributed by atoms with Crippen LogP contribution >= 0.6 is 27.7 Å². The number of thioether (sulfide) groups is 1. The van der Waals surface area contributed by atoms with Crippen molar-refractivity contribution in [2.75, 3.05) is 6.26 Å². The number of halogens is 1. The van der Waals surface area contributed by atoms with Crippen molar-refractivity contribution in [2.24, 2.45) is 0 Å². The van der Waals surface area contributed by atoms with Crippen molar-refractivity contribution >= 4 is 33.4 Å². The molecule has 1 fully saturated rings. The van der Waals surface area contributed by atoms with Crippen LogP contribution in [0.25, 0.3) is 0 Å². The molecule has 0 aromatic heterocycles. The maximum absolute atomic E-state index is 10.9. The Balaban J connectivity index is 2.00. The Kier molecular flexibility index (Phi) is 5.24. The molecule has 1 aromatic carbocycles. The lowest BCUT2D eigenvalue weighted by Crippen LogP contribution is -2.33. The van der Waals surface area contributed by atoms with Gasteiger partial charge < -0.3 is 5.32 Å². The number of rotatable bonds is 5. The largest absolute Gasteiger partial charge is 0.309 e. The van der Waals surface area contributed by atoms with Gasteiger partial charge in [-0.15, -0.1) is 0 Å². The van der Waals surface area contributed by atoms with Gasteiger partial charge in [-0.1, -0.05) is 12.5 Å². The number of benzene rings is 1. The number of nitro benzene ring substituents is 1. The van der Waals surface area contributed by atoms with Crippen LogP contribution in [0, 0.1) is 10.1 Å². The molecule has 1 aromatic rings. The smallest absolute Gasteiger partial charge is 0.283 e. The zero-order valence-electron chi connectivity index (χ0n) is 10.8. The molecule has 1 aliphatic rings. The van der Waals surface area contributed by atoms with Gasteiger partial charge in [0.1, 0.15) is 0 Å². The Labute approximate surface area is 125 Å². The van der Waals surface area contributed by atoms with Crippen molar-refractivity contribution in [2.45, 2.75) is 37.1 Å². The van der Waals surface area contributed by atoms with E-state index in [1.165, 1.54) is 19.3 Å². The van der Waals surface area contributed by atoms with E-state index >= 15 is 0 Å². The van der Waals surface area contributed by atoms with Crippen molar-refractivity contribution in [1.29, 1.82) is 0 Å². The molecule has 0 heterocycles. The predicted octanol–water partition coefficient (Wildman–Crippen LogP) is 3.73. The first-order valence-electron chi connectivity index (χ1n) is 6.31. The minimum atomic E-state index is -0.353. The van der Waals surface area contributed by atoms with Gasteiger partial charge in [-0.2, -0.15) is 11.8 Å². The van der Waals surface area contributed by atoms with Gasteiger partial charge in [-0.3, -0.25) is 10.1 Å². The highest BCUT2D eigenvalue weighted by molar-refractivity contribution is 9.10. The highest BCUT2D eigenvalue weighted by Crippen LogP contribution is 2.29. The zero-order valence-corrected chi connectivity index (χ0v) is 13.2. The molecule has 2 rings (SSSR count). The molecule has 0 radical (unpaired) electrons. The molecule has 0 spiro atoms. The quantitative estimate of drug-likeness (QED) is 0.653. The number of hydrogen-bond donors (Lipinski definition) is 1. The second kappa shape index (κ2) is 6.72. The Bertz CT molecular complexity index is 470. The molecule has 0 bridgehead atoms. The molecule has 2 unspecified atom stereocenters. The molecular weight excluding hydrogens is 328 g/mol. The first kappa shape index (κ1) is 14.8. The van der Waals surface area contributed by atoms with E-state index in [1.807, 2.05) is 17.8 Å². The predicted molar refractivity (Wildman–Crippen MR) is 82.6 cm³/mol. The van der Waals surface area contributed by atoms with E-state index in [4.69, 9.17) is 0 Å². The second-order valence-corrected chi connectivity index (χ2v) is 6.67. The van der Waals surface area contributed by atoms with E-state index in [0.717, 1.165) is 5.56 Å². The van der Waals surface area contributed by atoms with Gasteiger partial charge in [0.25, 0.3) is 5.69 Å². The van der Waals surface area contributed by atoms with Crippen LogP contribution in [0.2, 0.25) is 0 Å². The molecule has 0 aliphatic heterocycles. The molecule has 19 heavy (non-hydrogen) atoms. The van der Waals surface area contributed by atoms with E-state index in [9.17, 15) is 10.1 Å². The summed E-state index contributed by atoms with van der Waals surface area (Å²) in [7, 11) is 0. The fraction of sp³-hybridized carbons (Fsp3) is 0.538. The highest BCUT2D eigenvalue weighted by Gasteiger charge is 2.25. The molecule has 2 atom stereocenters. The Morgan fingerprint density at radius 2 is 2.32 bits per heavy atom. The number of hydrogen-bond acceptors (Lipinski definition) is 4. The van der Waals surface area contributed by atoms with Crippen LogP contribution < -0.4 is 5.32 Å². The van der Waals surface area contributed by atoms with Gasteiger partial charge in [0.15, 0.2) is 0 Å². The molecule has 0 amide bonds. The highest BCUT2D eigenvalue weighted by atomic mass is 79.9. The summed E-state index contributed by atoms with van der Waals surface area (Å²) >= 11 is 5.11. The summed E-state index contributed by atoms with van der Waals surface area (Å²) < 4.78 is 0.532. The Hall–Kier alpha value is -0.590. The lowest BCUT2D eigenvalue weighted by molar-refractivity contribution is -0.385. The van der Waals surface area contributed by atoms with Gasteiger partial charge in [0.2, 0.25) is 0 Å². The van der Waals surface area contributed by atoms with Gasteiger partial charge in [-0.25, -0.2) is 0 Å². The molecule has 0 saturated heterocycles. The van der Waals surface area contributed by atoms with E-state index in [-0.39, 0.29) is 10.6 Å². The summed E-state index contributed by atoms with van der Waals surface area (Å²) in [5.74, 6) is 0. The van der Waals surface area contributed by atoms with Crippen LogP contribution in [-0.2, 0) is 6.54 Å². The van der Waals surface area contributed by atoms with Crippen LogP contribution in [0.1, 0.15) is 24.8 Å². The second-order valence-electron chi connectivity index (χ2n) is 4.74. The first-order chi connectivity index (χ1) is 9.11. The van der Waals surface area contributed by atoms with Crippen LogP contribution in [0.4, 0.5) is 5.69 Å². The number of nitrogens with one attached hydrogen (secondary N) is 1. The summed E-state index contributed by atoms with van der Waals surface area (Å²) in [5.41, 5.74) is 1.09. The average Bonchev–Trinajstić information content (AvgIpc) is 2.84. The average molecular weight is 345 g/mol. The minimum Gasteiger partial charge on any atom is -0.309 e. The normalized spacial score (nSPS) is 22.6. The van der Waals surface area contributed by atoms with Crippen molar-refractivity contribution < 1.29 is 4.92 Å². The van der Waals surface area contributed by atoms with Crippen LogP contribution in [0.3, 0.4) is 0 Å². The topological polar surface area (TPSA) is 55.2 Å². The Morgan fingerprint density at radius 3 is 3.00 bits per heavy atom. The molecular formula is C13H17BrN2O2S. The molecule has 1 saturated carbocycles. The third-order valence-electron chi connectivity index (χ3n) is 3.53. The third-order valence-corrected chi connectivity index (χ3v) is 5.37. The summed E-state index contributed by atoms with van der Waals surface area (Å²) in [5, 5.41) is 15.1. The summed E-state index contributed by atoms with van der Waals surface area (Å²) in [6, 6.07) is 5.83. The number of nitrogens with zero attached hydrogens (tertiary/aromatic N) is 1. The standard InChI is InChI=1S/C13H17BrN2O2S/c1-19-13-4-2-3-11(13)15-8-9-5-6-10(14)12(7-9)16(17)18/h5-7,11,13,15H,2-4,8H2,1H3. The van der Waals surface area contributed by atoms with Crippen LogP contribution in [-0.4, -0.2) is 22.5 Å². The van der Waals surface area contributed by atoms with E-state index in [0.29, 0.717) is 22.3 Å². The molecule has 6 heteroatoms. The van der Waals surface area contributed by atoms with Crippen LogP contribution in [0.5, 0.6) is 0 Å². The van der Waals surface area contributed by atoms with E-state index in [2.05, 4.69) is 27.5 Å². The fourth-order valence-corrected chi connectivity index (χ4v) is 3.85. The van der Waals surface area contributed by atoms with E-state index in [1.54, 1.807) is 12.1 Å². The first-order valence-corrected chi connectivity index (χ1v) is 8.39. The van der Waals surface area contributed by atoms with Crippen molar-refractivity contribution in [3.63, 3.8) is 0 Å². The lowest BCUT2D eigenvalue weighted by atomic mass is 10.1. The zero-order chi connectivity index (χ0) is 13.8. The maximum atomic E-state index is 10.9. The summed E-state index contributed by atoms with van der Waals surface area (Å²) in [6.07, 6.45) is 5.88. The van der Waals surface area contributed by atoms with Crippen molar-refractivity contribution in [3.8, 4) is 0 Å². The van der Waals surface area contributed by atoms with Gasteiger partial charge in [0.05, 0.1) is 9.40 Å². The molecule has 104 valence electrons. The maximum Gasteiger partial charge on any atom is 0.283 e. The summed E-state index contributed by atoms with van der Waals surface area (Å²) in [6.45, 7) is 0.690. The van der Waals surface area contributed by atoms with Crippen LogP contribution in [0.15, 0.2) is 22.7 Å². The fourth-order valence-electron chi connectivity index (χ4n) is 2.50. The third kappa shape index (κ3) is 3.70. The molecule has 1 N–H and O–H groups in total. The monoisotopic (exact) mass is 344 g/mol. The van der Waals surface area contributed by atoms with Gasteiger partial charge >= 0.3 is 0 Å². The summed E-state index contributed by atoms with van der Waals surface area (Å²) in [4.78, 5) is 10.5. The number of nitro groups is 1. The van der Waals surface area contributed by atoms with Gasteiger partial charge in [0, 0.05) is 23.9 Å². The van der Waals surface area contributed by atoms with Crippen molar-refractivity contribution in [3.05, 3.63) is 38.3 Å². The van der Waals surface area contributed by atoms with Crippen molar-refractivity contribution in [1.82, 2.24) is 5.32 Å². The van der Waals surface area contributed by atoms with E-state index < -0.39 is 0 Å². The van der Waals surface area contributed by atoms with Gasteiger partial charge in [-0.05, 0) is 46.7 Å². The minimum absolute atomic E-state index is 0.132. The Morgan fingerprint density at radius 1 is 1.53 bits per heavy atom. The SMILES string of the molecule is CSC1CCCC1NCc1ccc(Br)c([N+](=O)[O-])c1. The lowest BCUT2D eigenvalue weighted by Gasteiger charge is -2.19.